The molecule has 2 aromatic rings. The molecule has 0 spiro atoms. The highest BCUT2D eigenvalue weighted by Crippen LogP contribution is 2.23. The fraction of sp³-hybridized carbons (Fsp3) is 0.167. The Labute approximate surface area is 113 Å². The van der Waals surface area contributed by atoms with E-state index in [-0.39, 0.29) is 12.5 Å². The van der Waals surface area contributed by atoms with Crippen LogP contribution in [0.2, 0.25) is 0 Å². The maximum Gasteiger partial charge on any atom is 0.246 e. The average Bonchev–Trinajstić information content (AvgIpc) is 2.69. The van der Waals surface area contributed by atoms with E-state index < -0.39 is 0 Å². The van der Waals surface area contributed by atoms with E-state index in [1.165, 1.54) is 10.9 Å². The standard InChI is InChI=1S/C12H13BrN4O/c1-8-2-3-10(13)11(4-8)16-12(18)7-17-6-9(14)5-15-17/h2-6H,7,14H2,1H3,(H,16,18). The fourth-order valence-corrected chi connectivity index (χ4v) is 1.88. The number of nitrogen functional groups attached to an aromatic ring is 1. The molecule has 18 heavy (non-hydrogen) atoms. The van der Waals surface area contributed by atoms with Crippen molar-refractivity contribution in [1.82, 2.24) is 9.78 Å². The molecule has 0 saturated carbocycles. The fourth-order valence-electron chi connectivity index (χ4n) is 1.54. The Hall–Kier alpha value is -1.82. The molecule has 1 amide bonds. The van der Waals surface area contributed by atoms with Gasteiger partial charge in [0.2, 0.25) is 5.91 Å². The summed E-state index contributed by atoms with van der Waals surface area (Å²) in [5.74, 6) is -0.149. The van der Waals surface area contributed by atoms with Crippen molar-refractivity contribution in [2.45, 2.75) is 13.5 Å². The summed E-state index contributed by atoms with van der Waals surface area (Å²) in [5, 5.41) is 6.78. The normalized spacial score (nSPS) is 10.3. The first-order valence-corrected chi connectivity index (χ1v) is 6.18. The van der Waals surface area contributed by atoms with Crippen LogP contribution < -0.4 is 11.1 Å². The molecule has 1 aromatic heterocycles. The Morgan fingerprint density at radius 3 is 3.00 bits per heavy atom. The molecule has 0 aliphatic carbocycles. The first kappa shape index (κ1) is 12.6. The summed E-state index contributed by atoms with van der Waals surface area (Å²) in [6.07, 6.45) is 3.13. The highest BCUT2D eigenvalue weighted by molar-refractivity contribution is 9.10. The lowest BCUT2D eigenvalue weighted by atomic mass is 10.2. The number of anilines is 2. The number of aryl methyl sites for hydroxylation is 1. The first-order valence-electron chi connectivity index (χ1n) is 5.38. The Bertz CT molecular complexity index is 579. The summed E-state index contributed by atoms with van der Waals surface area (Å²) < 4.78 is 2.34. The molecular weight excluding hydrogens is 296 g/mol. The van der Waals surface area contributed by atoms with E-state index >= 15 is 0 Å². The van der Waals surface area contributed by atoms with Gasteiger partial charge in [-0.2, -0.15) is 5.10 Å². The zero-order valence-corrected chi connectivity index (χ0v) is 11.4. The van der Waals surface area contributed by atoms with Crippen molar-refractivity contribution in [3.05, 3.63) is 40.6 Å². The third-order valence-electron chi connectivity index (χ3n) is 2.35. The number of carbonyl (C=O) groups is 1. The molecular formula is C12H13BrN4O. The molecule has 1 heterocycles. The smallest absolute Gasteiger partial charge is 0.246 e. The van der Waals surface area contributed by atoms with Crippen molar-refractivity contribution in [3.63, 3.8) is 0 Å². The molecule has 6 heteroatoms. The number of amides is 1. The van der Waals surface area contributed by atoms with Crippen LogP contribution in [0, 0.1) is 6.92 Å². The van der Waals surface area contributed by atoms with Gasteiger partial charge in [-0.3, -0.25) is 9.48 Å². The minimum atomic E-state index is -0.149. The van der Waals surface area contributed by atoms with Gasteiger partial charge in [-0.25, -0.2) is 0 Å². The number of hydrogen-bond donors (Lipinski definition) is 2. The Kier molecular flexibility index (Phi) is 3.66. The van der Waals surface area contributed by atoms with Crippen LogP contribution >= 0.6 is 15.9 Å². The van der Waals surface area contributed by atoms with Gasteiger partial charge in [0.25, 0.3) is 0 Å². The number of aromatic nitrogens is 2. The van der Waals surface area contributed by atoms with Gasteiger partial charge >= 0.3 is 0 Å². The minimum Gasteiger partial charge on any atom is -0.396 e. The van der Waals surface area contributed by atoms with Crippen molar-refractivity contribution < 1.29 is 4.79 Å². The van der Waals surface area contributed by atoms with Crippen LogP contribution in [0.25, 0.3) is 0 Å². The summed E-state index contributed by atoms with van der Waals surface area (Å²) in [5.41, 5.74) is 7.90. The topological polar surface area (TPSA) is 72.9 Å². The molecule has 0 unspecified atom stereocenters. The van der Waals surface area contributed by atoms with Gasteiger partial charge in [0.15, 0.2) is 0 Å². The second kappa shape index (κ2) is 5.22. The molecule has 3 N–H and O–H groups in total. The molecule has 0 saturated heterocycles. The van der Waals surface area contributed by atoms with Crippen molar-refractivity contribution in [1.29, 1.82) is 0 Å². The second-order valence-electron chi connectivity index (χ2n) is 4.00. The molecule has 0 fully saturated rings. The van der Waals surface area contributed by atoms with Crippen LogP contribution in [0.3, 0.4) is 0 Å². The minimum absolute atomic E-state index is 0.136. The quantitative estimate of drug-likeness (QED) is 0.912. The lowest BCUT2D eigenvalue weighted by molar-refractivity contribution is -0.116. The number of carbonyl (C=O) groups excluding carboxylic acids is 1. The molecule has 5 nitrogen and oxygen atoms in total. The van der Waals surface area contributed by atoms with Gasteiger partial charge in [-0.1, -0.05) is 6.07 Å². The number of nitrogens with one attached hydrogen (secondary N) is 1. The van der Waals surface area contributed by atoms with Gasteiger partial charge < -0.3 is 11.1 Å². The predicted molar refractivity (Wildman–Crippen MR) is 74.1 cm³/mol. The summed E-state index contributed by atoms with van der Waals surface area (Å²) in [6, 6.07) is 5.77. The van der Waals surface area contributed by atoms with Crippen LogP contribution in [-0.2, 0) is 11.3 Å². The van der Waals surface area contributed by atoms with Gasteiger partial charge in [0, 0.05) is 10.7 Å². The SMILES string of the molecule is Cc1ccc(Br)c(NC(=O)Cn2cc(N)cn2)c1. The third-order valence-corrected chi connectivity index (χ3v) is 3.05. The van der Waals surface area contributed by atoms with Crippen molar-refractivity contribution in [3.8, 4) is 0 Å². The summed E-state index contributed by atoms with van der Waals surface area (Å²) in [4.78, 5) is 11.8. The summed E-state index contributed by atoms with van der Waals surface area (Å²) >= 11 is 3.39. The van der Waals surface area contributed by atoms with E-state index in [0.29, 0.717) is 5.69 Å². The van der Waals surface area contributed by atoms with Crippen molar-refractivity contribution >= 4 is 33.2 Å². The molecule has 2 rings (SSSR count). The highest BCUT2D eigenvalue weighted by atomic mass is 79.9. The van der Waals surface area contributed by atoms with E-state index in [4.69, 9.17) is 5.73 Å². The van der Waals surface area contributed by atoms with E-state index in [1.807, 2.05) is 25.1 Å². The Morgan fingerprint density at radius 1 is 1.56 bits per heavy atom. The van der Waals surface area contributed by atoms with Crippen LogP contribution in [0.4, 0.5) is 11.4 Å². The first-order chi connectivity index (χ1) is 8.54. The number of hydrogen-bond acceptors (Lipinski definition) is 3. The third kappa shape index (κ3) is 3.10. The lowest BCUT2D eigenvalue weighted by Gasteiger charge is -2.08. The van der Waals surface area contributed by atoms with E-state index in [1.54, 1.807) is 6.20 Å². The van der Waals surface area contributed by atoms with Crippen LogP contribution in [-0.4, -0.2) is 15.7 Å². The molecule has 94 valence electrons. The summed E-state index contributed by atoms with van der Waals surface area (Å²) in [6.45, 7) is 2.11. The number of nitrogens with zero attached hydrogens (tertiary/aromatic N) is 2. The van der Waals surface area contributed by atoms with Gasteiger partial charge in [0.05, 0.1) is 17.6 Å². The highest BCUT2D eigenvalue weighted by Gasteiger charge is 2.07. The average molecular weight is 309 g/mol. The van der Waals surface area contributed by atoms with E-state index in [2.05, 4.69) is 26.3 Å². The number of rotatable bonds is 3. The maximum absolute atomic E-state index is 11.8. The van der Waals surface area contributed by atoms with Gasteiger partial charge in [-0.05, 0) is 40.5 Å². The van der Waals surface area contributed by atoms with Crippen molar-refractivity contribution in [2.75, 3.05) is 11.1 Å². The molecule has 1 aromatic carbocycles. The number of nitrogens with two attached hydrogens (primary N) is 1. The van der Waals surface area contributed by atoms with Crippen LogP contribution in [0.15, 0.2) is 35.1 Å². The predicted octanol–water partition coefficient (Wildman–Crippen LogP) is 2.17. The lowest BCUT2D eigenvalue weighted by Crippen LogP contribution is -2.19. The maximum atomic E-state index is 11.8. The monoisotopic (exact) mass is 308 g/mol. The molecule has 0 aliphatic rings. The van der Waals surface area contributed by atoms with Crippen LogP contribution in [0.5, 0.6) is 0 Å². The zero-order chi connectivity index (χ0) is 13.1. The van der Waals surface area contributed by atoms with Gasteiger partial charge in [-0.15, -0.1) is 0 Å². The largest absolute Gasteiger partial charge is 0.396 e. The molecule has 0 radical (unpaired) electrons. The van der Waals surface area contributed by atoms with E-state index in [0.717, 1.165) is 15.7 Å². The number of halogens is 1. The molecule has 0 atom stereocenters. The zero-order valence-electron chi connectivity index (χ0n) is 9.85. The van der Waals surface area contributed by atoms with Crippen LogP contribution in [0.1, 0.15) is 5.56 Å². The summed E-state index contributed by atoms with van der Waals surface area (Å²) in [7, 11) is 0. The van der Waals surface area contributed by atoms with Gasteiger partial charge in [0.1, 0.15) is 6.54 Å². The molecule has 0 aliphatic heterocycles. The number of benzene rings is 1. The van der Waals surface area contributed by atoms with Crippen molar-refractivity contribution in [2.24, 2.45) is 0 Å². The second-order valence-corrected chi connectivity index (χ2v) is 4.86. The molecule has 0 bridgehead atoms. The Balaban J connectivity index is 2.05. The Morgan fingerprint density at radius 2 is 2.33 bits per heavy atom. The van der Waals surface area contributed by atoms with E-state index in [9.17, 15) is 4.79 Å².